The van der Waals surface area contributed by atoms with Crippen LogP contribution in [-0.2, 0) is 24.4 Å². The summed E-state index contributed by atoms with van der Waals surface area (Å²) in [6, 6.07) is 16.3. The Morgan fingerprint density at radius 1 is 0.960 bits per heavy atom. The summed E-state index contributed by atoms with van der Waals surface area (Å²) >= 11 is 0. The summed E-state index contributed by atoms with van der Waals surface area (Å²) in [6.45, 7) is 4.75. The summed E-state index contributed by atoms with van der Waals surface area (Å²) < 4.78 is 10.7. The smallest absolute Gasteiger partial charge is 0.191 e. The van der Waals surface area contributed by atoms with Gasteiger partial charge in [-0.2, -0.15) is 0 Å². The Morgan fingerprint density at radius 3 is 2.28 bits per heavy atom. The van der Waals surface area contributed by atoms with Crippen LogP contribution in [0.15, 0.2) is 53.5 Å². The predicted octanol–water partition coefficient (Wildman–Crippen LogP) is 3.10. The maximum absolute atomic E-state index is 5.53. The molecule has 2 rings (SSSR count). The summed E-state index contributed by atoms with van der Waals surface area (Å²) in [5.74, 6) is 1.62. The molecule has 25 heavy (non-hydrogen) atoms. The molecule has 2 aromatic rings. The van der Waals surface area contributed by atoms with Crippen LogP contribution < -0.4 is 15.4 Å². The summed E-state index contributed by atoms with van der Waals surface area (Å²) in [4.78, 5) is 4.28. The molecule has 0 spiro atoms. The molecule has 0 atom stereocenters. The molecule has 2 aromatic carbocycles. The average Bonchev–Trinajstić information content (AvgIpc) is 2.67. The van der Waals surface area contributed by atoms with Crippen molar-refractivity contribution in [2.45, 2.75) is 26.6 Å². The number of guanidine groups is 1. The normalized spacial score (nSPS) is 11.2. The van der Waals surface area contributed by atoms with Gasteiger partial charge in [-0.3, -0.25) is 4.99 Å². The van der Waals surface area contributed by atoms with Crippen LogP contribution in [0.2, 0.25) is 0 Å². The maximum atomic E-state index is 5.53. The minimum Gasteiger partial charge on any atom is -0.497 e. The van der Waals surface area contributed by atoms with Gasteiger partial charge in [-0.25, -0.2) is 0 Å². The van der Waals surface area contributed by atoms with Crippen molar-refractivity contribution in [3.8, 4) is 5.75 Å². The van der Waals surface area contributed by atoms with Crippen molar-refractivity contribution in [1.82, 2.24) is 10.6 Å². The number of hydrogen-bond acceptors (Lipinski definition) is 3. The highest BCUT2D eigenvalue weighted by Crippen LogP contribution is 2.11. The van der Waals surface area contributed by atoms with E-state index in [1.54, 1.807) is 14.2 Å². The Labute approximate surface area is 150 Å². The standard InChI is InChI=1S/C20H27N3O2/c1-4-25-15-18-8-6-5-7-17(18)14-23-20(21-2)22-13-16-9-11-19(24-3)12-10-16/h5-12H,4,13-15H2,1-3H3,(H2,21,22,23). The summed E-state index contributed by atoms with van der Waals surface area (Å²) in [5.41, 5.74) is 3.58. The molecule has 5 nitrogen and oxygen atoms in total. The third kappa shape index (κ3) is 6.12. The lowest BCUT2D eigenvalue weighted by molar-refractivity contribution is 0.133. The highest BCUT2D eigenvalue weighted by Gasteiger charge is 2.04. The Bertz CT molecular complexity index is 669. The van der Waals surface area contributed by atoms with Crippen molar-refractivity contribution in [2.24, 2.45) is 4.99 Å². The number of nitrogens with zero attached hydrogens (tertiary/aromatic N) is 1. The maximum Gasteiger partial charge on any atom is 0.191 e. The Hall–Kier alpha value is -2.53. The van der Waals surface area contributed by atoms with Crippen LogP contribution >= 0.6 is 0 Å². The molecule has 0 unspecified atom stereocenters. The molecule has 0 heterocycles. The number of rotatable bonds is 8. The number of ether oxygens (including phenoxy) is 2. The van der Waals surface area contributed by atoms with Gasteiger partial charge in [0, 0.05) is 26.7 Å². The van der Waals surface area contributed by atoms with Crippen molar-refractivity contribution in [1.29, 1.82) is 0 Å². The Balaban J connectivity index is 1.87. The van der Waals surface area contributed by atoms with E-state index in [4.69, 9.17) is 9.47 Å². The lowest BCUT2D eigenvalue weighted by atomic mass is 10.1. The molecule has 0 radical (unpaired) electrons. The van der Waals surface area contributed by atoms with E-state index >= 15 is 0 Å². The summed E-state index contributed by atoms with van der Waals surface area (Å²) in [7, 11) is 3.44. The molecular weight excluding hydrogens is 314 g/mol. The van der Waals surface area contributed by atoms with Gasteiger partial charge in [-0.15, -0.1) is 0 Å². The zero-order chi connectivity index (χ0) is 17.9. The van der Waals surface area contributed by atoms with Gasteiger partial charge in [0.25, 0.3) is 0 Å². The zero-order valence-electron chi connectivity index (χ0n) is 15.2. The quantitative estimate of drug-likeness (QED) is 0.572. The van der Waals surface area contributed by atoms with Gasteiger partial charge in [0.15, 0.2) is 5.96 Å². The number of benzene rings is 2. The van der Waals surface area contributed by atoms with Gasteiger partial charge < -0.3 is 20.1 Å². The molecule has 5 heteroatoms. The van der Waals surface area contributed by atoms with Gasteiger partial charge in [0.1, 0.15) is 5.75 Å². The van der Waals surface area contributed by atoms with Crippen LogP contribution in [0.3, 0.4) is 0 Å². The SMILES string of the molecule is CCOCc1ccccc1CNC(=NC)NCc1ccc(OC)cc1. The van der Waals surface area contributed by atoms with E-state index in [0.29, 0.717) is 26.3 Å². The van der Waals surface area contributed by atoms with Gasteiger partial charge in [-0.05, 0) is 35.7 Å². The molecule has 0 bridgehead atoms. The lowest BCUT2D eigenvalue weighted by Crippen LogP contribution is -2.36. The molecule has 2 N–H and O–H groups in total. The van der Waals surface area contributed by atoms with Crippen molar-refractivity contribution in [3.63, 3.8) is 0 Å². The fourth-order valence-electron chi connectivity index (χ4n) is 2.41. The first kappa shape index (κ1) is 18.8. The van der Waals surface area contributed by atoms with E-state index in [9.17, 15) is 0 Å². The van der Waals surface area contributed by atoms with E-state index in [-0.39, 0.29) is 0 Å². The molecule has 0 aliphatic rings. The fraction of sp³-hybridized carbons (Fsp3) is 0.350. The topological polar surface area (TPSA) is 54.9 Å². The van der Waals surface area contributed by atoms with Gasteiger partial charge in [0.2, 0.25) is 0 Å². The van der Waals surface area contributed by atoms with Crippen molar-refractivity contribution in [3.05, 3.63) is 65.2 Å². The highest BCUT2D eigenvalue weighted by atomic mass is 16.5. The van der Waals surface area contributed by atoms with Crippen molar-refractivity contribution < 1.29 is 9.47 Å². The first-order chi connectivity index (χ1) is 12.3. The van der Waals surface area contributed by atoms with Crippen molar-refractivity contribution in [2.75, 3.05) is 20.8 Å². The number of aliphatic imine (C=N–C) groups is 1. The third-order valence-electron chi connectivity index (χ3n) is 3.87. The highest BCUT2D eigenvalue weighted by molar-refractivity contribution is 5.79. The average molecular weight is 341 g/mol. The molecule has 0 saturated carbocycles. The molecule has 0 aromatic heterocycles. The number of nitrogens with one attached hydrogen (secondary N) is 2. The molecule has 0 aliphatic heterocycles. The van der Waals surface area contributed by atoms with E-state index in [2.05, 4.69) is 27.8 Å². The number of hydrogen-bond donors (Lipinski definition) is 2. The Kier molecular flexibility index (Phi) is 7.79. The second kappa shape index (κ2) is 10.4. The number of methoxy groups -OCH3 is 1. The summed E-state index contributed by atoms with van der Waals surface area (Å²) in [5, 5.41) is 6.68. The third-order valence-corrected chi connectivity index (χ3v) is 3.87. The van der Waals surface area contributed by atoms with Gasteiger partial charge in [0.05, 0.1) is 13.7 Å². The second-order valence-corrected chi connectivity index (χ2v) is 5.53. The van der Waals surface area contributed by atoms with Crippen LogP contribution in [-0.4, -0.2) is 26.7 Å². The van der Waals surface area contributed by atoms with Crippen LogP contribution in [0.1, 0.15) is 23.6 Å². The molecule has 0 amide bonds. The minimum absolute atomic E-state index is 0.631. The minimum atomic E-state index is 0.631. The van der Waals surface area contributed by atoms with E-state index in [1.807, 2.05) is 43.3 Å². The van der Waals surface area contributed by atoms with Crippen LogP contribution in [0.5, 0.6) is 5.75 Å². The van der Waals surface area contributed by atoms with Crippen LogP contribution in [0.25, 0.3) is 0 Å². The van der Waals surface area contributed by atoms with Crippen LogP contribution in [0, 0.1) is 0 Å². The molecule has 134 valence electrons. The largest absolute Gasteiger partial charge is 0.497 e. The zero-order valence-corrected chi connectivity index (χ0v) is 15.2. The molecule has 0 fully saturated rings. The van der Waals surface area contributed by atoms with E-state index < -0.39 is 0 Å². The van der Waals surface area contributed by atoms with Crippen molar-refractivity contribution >= 4 is 5.96 Å². The first-order valence-electron chi connectivity index (χ1n) is 8.48. The second-order valence-electron chi connectivity index (χ2n) is 5.53. The van der Waals surface area contributed by atoms with Crippen LogP contribution in [0.4, 0.5) is 0 Å². The first-order valence-corrected chi connectivity index (χ1v) is 8.48. The van der Waals surface area contributed by atoms with E-state index in [0.717, 1.165) is 11.7 Å². The Morgan fingerprint density at radius 2 is 1.64 bits per heavy atom. The fourth-order valence-corrected chi connectivity index (χ4v) is 2.41. The molecule has 0 saturated heterocycles. The monoisotopic (exact) mass is 341 g/mol. The lowest BCUT2D eigenvalue weighted by Gasteiger charge is -2.14. The summed E-state index contributed by atoms with van der Waals surface area (Å²) in [6.07, 6.45) is 0. The van der Waals surface area contributed by atoms with Gasteiger partial charge in [-0.1, -0.05) is 36.4 Å². The molecular formula is C20H27N3O2. The van der Waals surface area contributed by atoms with Gasteiger partial charge >= 0.3 is 0 Å². The molecule has 0 aliphatic carbocycles. The van der Waals surface area contributed by atoms with E-state index in [1.165, 1.54) is 16.7 Å². The predicted molar refractivity (Wildman–Crippen MR) is 102 cm³/mol.